The van der Waals surface area contributed by atoms with E-state index in [-0.39, 0.29) is 11.5 Å². The van der Waals surface area contributed by atoms with Crippen LogP contribution in [0.1, 0.15) is 16.7 Å². The van der Waals surface area contributed by atoms with E-state index in [4.69, 9.17) is 16.2 Å². The number of aliphatic hydroxyl groups excluding tert-OH is 2. The van der Waals surface area contributed by atoms with Crippen LogP contribution in [0.2, 0.25) is 0 Å². The van der Waals surface area contributed by atoms with Crippen LogP contribution in [-0.4, -0.2) is 57.6 Å². The van der Waals surface area contributed by atoms with Crippen molar-refractivity contribution in [2.24, 2.45) is 5.73 Å². The summed E-state index contributed by atoms with van der Waals surface area (Å²) in [6, 6.07) is 0. The Kier molecular flexibility index (Phi) is 3.71. The topological polar surface area (TPSA) is 149 Å². The van der Waals surface area contributed by atoms with Crippen LogP contribution < -0.4 is 16.8 Å². The van der Waals surface area contributed by atoms with E-state index in [0.717, 1.165) is 0 Å². The fourth-order valence-corrected chi connectivity index (χ4v) is 2.09. The van der Waals surface area contributed by atoms with E-state index in [1.165, 1.54) is 10.9 Å². The van der Waals surface area contributed by atoms with Crippen LogP contribution in [-0.2, 0) is 4.74 Å². The van der Waals surface area contributed by atoms with Gasteiger partial charge in [0.15, 0.2) is 11.9 Å². The number of nitrogens with zero attached hydrogens (tertiary/aromatic N) is 2. The molecule has 1 aliphatic heterocycles. The fourth-order valence-electron chi connectivity index (χ4n) is 2.09. The first-order chi connectivity index (χ1) is 8.97. The molecule has 19 heavy (non-hydrogen) atoms. The van der Waals surface area contributed by atoms with E-state index in [1.807, 2.05) is 0 Å². The smallest absolute Gasteiger partial charge is 0.271 e. The molecule has 1 saturated heterocycles. The summed E-state index contributed by atoms with van der Waals surface area (Å²) in [5, 5.41) is 22.6. The number of imidazole rings is 1. The molecule has 9 nitrogen and oxygen atoms in total. The average Bonchev–Trinajstić information content (AvgIpc) is 2.85. The highest BCUT2D eigenvalue weighted by Crippen LogP contribution is 2.31. The number of rotatable bonds is 4. The molecule has 0 spiro atoms. The number of nitrogens with one attached hydrogen (secondary N) is 1. The van der Waals surface area contributed by atoms with E-state index < -0.39 is 30.4 Å². The average molecular weight is 271 g/mol. The maximum absolute atomic E-state index is 11.1. The number of carbonyl (C=O) groups excluding carboxylic acids is 1. The van der Waals surface area contributed by atoms with Crippen molar-refractivity contribution in [1.29, 1.82) is 0 Å². The Morgan fingerprint density at radius 3 is 2.79 bits per heavy atom. The third kappa shape index (κ3) is 2.28. The molecule has 0 aromatic carbocycles. The monoisotopic (exact) mass is 271 g/mol. The molecule has 1 aromatic heterocycles. The van der Waals surface area contributed by atoms with E-state index in [2.05, 4.69) is 10.3 Å². The molecule has 106 valence electrons. The first-order valence-electron chi connectivity index (χ1n) is 5.75. The second kappa shape index (κ2) is 5.13. The third-order valence-electron chi connectivity index (χ3n) is 3.08. The highest BCUT2D eigenvalue weighted by Gasteiger charge is 2.44. The molecule has 2 rings (SSSR count). The summed E-state index contributed by atoms with van der Waals surface area (Å²) < 4.78 is 6.80. The fraction of sp³-hybridized carbons (Fsp3) is 0.600. The molecule has 0 radical (unpaired) electrons. The number of anilines is 1. The molecule has 0 unspecified atom stereocenters. The summed E-state index contributed by atoms with van der Waals surface area (Å²) in [5.41, 5.74) is 10.7. The molecular weight excluding hydrogens is 254 g/mol. The molecule has 1 fully saturated rings. The minimum absolute atomic E-state index is 0.00569. The number of aromatic nitrogens is 2. The molecule has 1 aliphatic rings. The van der Waals surface area contributed by atoms with Gasteiger partial charge in [-0.3, -0.25) is 9.36 Å². The van der Waals surface area contributed by atoms with Gasteiger partial charge in [0.05, 0.1) is 6.33 Å². The Bertz CT molecular complexity index is 476. The predicted octanol–water partition coefficient (Wildman–Crippen LogP) is -2.60. The predicted molar refractivity (Wildman–Crippen MR) is 65.0 cm³/mol. The number of aliphatic hydroxyl groups is 2. The van der Waals surface area contributed by atoms with Gasteiger partial charge in [0.25, 0.3) is 5.91 Å². The molecule has 2 heterocycles. The van der Waals surface area contributed by atoms with Gasteiger partial charge in [0.1, 0.15) is 24.1 Å². The first-order valence-corrected chi connectivity index (χ1v) is 5.75. The Hall–Kier alpha value is -1.68. The van der Waals surface area contributed by atoms with E-state index in [1.54, 1.807) is 7.05 Å². The lowest BCUT2D eigenvalue weighted by Gasteiger charge is -2.17. The molecule has 0 saturated carbocycles. The summed E-state index contributed by atoms with van der Waals surface area (Å²) in [6.45, 7) is 0.367. The van der Waals surface area contributed by atoms with E-state index in [9.17, 15) is 15.0 Å². The minimum Gasteiger partial charge on any atom is -0.387 e. The first kappa shape index (κ1) is 13.7. The van der Waals surface area contributed by atoms with Crippen molar-refractivity contribution in [1.82, 2.24) is 14.9 Å². The van der Waals surface area contributed by atoms with Gasteiger partial charge < -0.3 is 31.7 Å². The standard InChI is InChI=1S/C10H17N5O4/c1-13-2-4-6(16)7(17)10(19-4)15-3-14-5(8(15)11)9(12)18/h3-4,6-7,10,13,16-17H,2,11H2,1H3,(H2,12,18)/t4-,6-,7-,10-/m0/s1. The SMILES string of the molecule is CNC[C@@H]1O[C@H](n2cnc(C(N)=O)c2N)[C@@H](O)[C@H]1O. The quantitative estimate of drug-likeness (QED) is 0.403. The second-order valence-corrected chi connectivity index (χ2v) is 4.35. The summed E-state index contributed by atoms with van der Waals surface area (Å²) in [7, 11) is 1.70. The number of primary amides is 1. The normalized spacial score (nSPS) is 30.7. The lowest BCUT2D eigenvalue weighted by Crippen LogP contribution is -2.36. The van der Waals surface area contributed by atoms with Crippen LogP contribution in [0.15, 0.2) is 6.33 Å². The zero-order valence-corrected chi connectivity index (χ0v) is 10.4. The number of carbonyl (C=O) groups is 1. The van der Waals surface area contributed by atoms with Crippen LogP contribution in [0, 0.1) is 0 Å². The van der Waals surface area contributed by atoms with Gasteiger partial charge in [-0.15, -0.1) is 0 Å². The number of likely N-dealkylation sites (N-methyl/N-ethyl adjacent to an activating group) is 1. The van der Waals surface area contributed by atoms with Crippen LogP contribution in [0.5, 0.6) is 0 Å². The van der Waals surface area contributed by atoms with Gasteiger partial charge in [0, 0.05) is 6.54 Å². The van der Waals surface area contributed by atoms with Crippen molar-refractivity contribution >= 4 is 11.7 Å². The highest BCUT2D eigenvalue weighted by molar-refractivity contribution is 5.95. The Labute approximate surface area is 109 Å². The van der Waals surface area contributed by atoms with Crippen molar-refractivity contribution < 1.29 is 19.7 Å². The summed E-state index contributed by atoms with van der Waals surface area (Å²) in [5.74, 6) is -0.773. The van der Waals surface area contributed by atoms with Gasteiger partial charge in [-0.1, -0.05) is 0 Å². The lowest BCUT2D eigenvalue weighted by atomic mass is 10.1. The molecule has 0 aliphatic carbocycles. The van der Waals surface area contributed by atoms with Crippen LogP contribution in [0.3, 0.4) is 0 Å². The summed E-state index contributed by atoms with van der Waals surface area (Å²) in [6.07, 6.45) is -2.47. The second-order valence-electron chi connectivity index (χ2n) is 4.35. The lowest BCUT2D eigenvalue weighted by molar-refractivity contribution is -0.0346. The number of nitrogens with two attached hydrogens (primary N) is 2. The van der Waals surface area contributed by atoms with Gasteiger partial charge in [-0.2, -0.15) is 0 Å². The van der Waals surface area contributed by atoms with E-state index in [0.29, 0.717) is 6.54 Å². The van der Waals surface area contributed by atoms with Gasteiger partial charge >= 0.3 is 0 Å². The Morgan fingerprint density at radius 2 is 2.26 bits per heavy atom. The maximum Gasteiger partial charge on any atom is 0.271 e. The zero-order valence-electron chi connectivity index (χ0n) is 10.4. The number of hydrogen-bond donors (Lipinski definition) is 5. The van der Waals surface area contributed by atoms with Gasteiger partial charge in [0.2, 0.25) is 0 Å². The summed E-state index contributed by atoms with van der Waals surface area (Å²) in [4.78, 5) is 14.8. The summed E-state index contributed by atoms with van der Waals surface area (Å²) >= 11 is 0. The largest absolute Gasteiger partial charge is 0.387 e. The van der Waals surface area contributed by atoms with Crippen LogP contribution in [0.4, 0.5) is 5.82 Å². The number of hydrogen-bond acceptors (Lipinski definition) is 7. The van der Waals surface area contributed by atoms with Crippen LogP contribution in [0.25, 0.3) is 0 Å². The van der Waals surface area contributed by atoms with Crippen molar-refractivity contribution in [3.63, 3.8) is 0 Å². The molecule has 1 amide bonds. The number of amides is 1. The minimum atomic E-state index is -1.17. The van der Waals surface area contributed by atoms with Crippen molar-refractivity contribution in [2.45, 2.75) is 24.5 Å². The molecule has 7 N–H and O–H groups in total. The number of nitrogen functional groups attached to an aromatic ring is 1. The maximum atomic E-state index is 11.1. The molecular formula is C10H17N5O4. The van der Waals surface area contributed by atoms with E-state index >= 15 is 0 Å². The number of ether oxygens (including phenoxy) is 1. The molecule has 0 bridgehead atoms. The van der Waals surface area contributed by atoms with Crippen molar-refractivity contribution in [2.75, 3.05) is 19.3 Å². The molecule has 1 aromatic rings. The Balaban J connectivity index is 2.25. The van der Waals surface area contributed by atoms with Crippen molar-refractivity contribution in [3.8, 4) is 0 Å². The molecule has 9 heteroatoms. The third-order valence-corrected chi connectivity index (χ3v) is 3.08. The van der Waals surface area contributed by atoms with Gasteiger partial charge in [-0.05, 0) is 7.05 Å². The van der Waals surface area contributed by atoms with Crippen LogP contribution >= 0.6 is 0 Å². The zero-order chi connectivity index (χ0) is 14.2. The van der Waals surface area contributed by atoms with Gasteiger partial charge in [-0.25, -0.2) is 4.98 Å². The Morgan fingerprint density at radius 1 is 1.58 bits per heavy atom. The highest BCUT2D eigenvalue weighted by atomic mass is 16.6. The molecule has 4 atom stereocenters. The van der Waals surface area contributed by atoms with Crippen molar-refractivity contribution in [3.05, 3.63) is 12.0 Å².